The number of aryl methyl sites for hydroxylation is 1. The summed E-state index contributed by atoms with van der Waals surface area (Å²) in [6.07, 6.45) is 1.77. The fourth-order valence-electron chi connectivity index (χ4n) is 1.62. The van der Waals surface area contributed by atoms with E-state index in [9.17, 15) is 9.59 Å². The topological polar surface area (TPSA) is 76.9 Å². The molecule has 94 valence electrons. The zero-order valence-corrected chi connectivity index (χ0v) is 10.5. The molecule has 0 bridgehead atoms. The Balaban J connectivity index is 3.12. The molecular weight excluding hydrogens is 220 g/mol. The number of carbonyl (C=O) groups is 1. The molecule has 0 unspecified atom stereocenters. The molecule has 6 nitrogen and oxygen atoms in total. The van der Waals surface area contributed by atoms with Crippen LogP contribution in [-0.2, 0) is 17.8 Å². The summed E-state index contributed by atoms with van der Waals surface area (Å²) >= 11 is 0. The van der Waals surface area contributed by atoms with Crippen LogP contribution in [0, 0.1) is 0 Å². The second kappa shape index (κ2) is 6.12. The lowest BCUT2D eigenvalue weighted by molar-refractivity contribution is -0.116. The minimum Gasteiger partial charge on any atom is -0.320 e. The van der Waals surface area contributed by atoms with Gasteiger partial charge in [0.05, 0.1) is 5.69 Å². The maximum atomic E-state index is 11.6. The van der Waals surface area contributed by atoms with Crippen LogP contribution in [0.25, 0.3) is 0 Å². The van der Waals surface area contributed by atoms with Crippen molar-refractivity contribution in [1.82, 2.24) is 15.0 Å². The predicted octanol–water partition coefficient (Wildman–Crippen LogP) is 0.959. The van der Waals surface area contributed by atoms with E-state index in [1.165, 1.54) is 0 Å². The minimum atomic E-state index is -0.476. The highest BCUT2D eigenvalue weighted by Crippen LogP contribution is 2.09. The van der Waals surface area contributed by atoms with Crippen molar-refractivity contribution < 1.29 is 4.79 Å². The lowest BCUT2D eigenvalue weighted by atomic mass is 10.2. The molecule has 0 aliphatic heterocycles. The lowest BCUT2D eigenvalue weighted by Gasteiger charge is -2.12. The number of anilines is 1. The highest BCUT2D eigenvalue weighted by atomic mass is 16.2. The van der Waals surface area contributed by atoms with Crippen LogP contribution in [0.4, 0.5) is 5.69 Å². The Morgan fingerprint density at radius 1 is 1.35 bits per heavy atom. The first-order valence-electron chi connectivity index (χ1n) is 5.90. The van der Waals surface area contributed by atoms with Crippen LogP contribution < -0.4 is 10.9 Å². The molecule has 0 fully saturated rings. The second-order valence-electron chi connectivity index (χ2n) is 3.68. The van der Waals surface area contributed by atoms with Gasteiger partial charge in [0, 0.05) is 13.0 Å². The Bertz CT molecular complexity index is 453. The number of amides is 1. The van der Waals surface area contributed by atoms with Gasteiger partial charge in [-0.05, 0) is 19.8 Å². The molecular formula is C11H18N4O2. The molecule has 0 spiro atoms. The number of aromatic nitrogens is 3. The van der Waals surface area contributed by atoms with E-state index >= 15 is 0 Å². The predicted molar refractivity (Wildman–Crippen MR) is 64.9 cm³/mol. The molecule has 1 N–H and O–H groups in total. The number of hydrogen-bond acceptors (Lipinski definition) is 4. The molecule has 1 amide bonds. The summed E-state index contributed by atoms with van der Waals surface area (Å²) in [4.78, 5) is 23.1. The SMILES string of the molecule is CCCC(=O)Nc1c(CC)n(CC)nnc1=O. The van der Waals surface area contributed by atoms with Crippen molar-refractivity contribution >= 4 is 11.6 Å². The van der Waals surface area contributed by atoms with Crippen LogP contribution in [0.5, 0.6) is 0 Å². The van der Waals surface area contributed by atoms with E-state index in [0.29, 0.717) is 19.4 Å². The minimum absolute atomic E-state index is 0.157. The van der Waals surface area contributed by atoms with Gasteiger partial charge in [0.2, 0.25) is 5.91 Å². The first-order chi connectivity index (χ1) is 8.13. The normalized spacial score (nSPS) is 10.3. The molecule has 1 aromatic rings. The van der Waals surface area contributed by atoms with E-state index in [-0.39, 0.29) is 11.6 Å². The van der Waals surface area contributed by atoms with Crippen LogP contribution in [0.3, 0.4) is 0 Å². The Hall–Kier alpha value is -1.72. The highest BCUT2D eigenvalue weighted by Gasteiger charge is 2.13. The molecule has 1 aromatic heterocycles. The van der Waals surface area contributed by atoms with E-state index in [2.05, 4.69) is 15.6 Å². The van der Waals surface area contributed by atoms with Gasteiger partial charge in [0.25, 0.3) is 0 Å². The number of rotatable bonds is 5. The molecule has 0 aromatic carbocycles. The van der Waals surface area contributed by atoms with Crippen LogP contribution in [0.2, 0.25) is 0 Å². The lowest BCUT2D eigenvalue weighted by Crippen LogP contribution is -2.27. The van der Waals surface area contributed by atoms with E-state index in [4.69, 9.17) is 0 Å². The quantitative estimate of drug-likeness (QED) is 0.828. The summed E-state index contributed by atoms with van der Waals surface area (Å²) < 4.78 is 1.63. The molecule has 0 aliphatic rings. The average molecular weight is 238 g/mol. The third-order valence-corrected chi connectivity index (χ3v) is 2.43. The van der Waals surface area contributed by atoms with Gasteiger partial charge in [-0.3, -0.25) is 9.59 Å². The van der Waals surface area contributed by atoms with Gasteiger partial charge in [-0.1, -0.05) is 24.2 Å². The fourth-order valence-corrected chi connectivity index (χ4v) is 1.62. The fraction of sp³-hybridized carbons (Fsp3) is 0.636. The van der Waals surface area contributed by atoms with Gasteiger partial charge >= 0.3 is 5.56 Å². The van der Waals surface area contributed by atoms with E-state index in [1.807, 2.05) is 20.8 Å². The van der Waals surface area contributed by atoms with Gasteiger partial charge < -0.3 is 5.32 Å². The number of hydrogen-bond donors (Lipinski definition) is 1. The first kappa shape index (κ1) is 13.3. The number of carbonyl (C=O) groups excluding carboxylic acids is 1. The molecule has 1 rings (SSSR count). The summed E-state index contributed by atoms with van der Waals surface area (Å²) in [5, 5.41) is 9.93. The summed E-state index contributed by atoms with van der Waals surface area (Å²) in [7, 11) is 0. The molecule has 0 saturated carbocycles. The molecule has 1 heterocycles. The number of nitrogens with zero attached hydrogens (tertiary/aromatic N) is 3. The Labute approximate surface area is 100 Å². The second-order valence-corrected chi connectivity index (χ2v) is 3.68. The van der Waals surface area contributed by atoms with Crippen LogP contribution in [0.1, 0.15) is 39.3 Å². The van der Waals surface area contributed by atoms with E-state index < -0.39 is 5.56 Å². The van der Waals surface area contributed by atoms with Crippen molar-refractivity contribution in [3.05, 3.63) is 16.0 Å². The molecule has 0 aliphatic carbocycles. The average Bonchev–Trinajstić information content (AvgIpc) is 2.31. The van der Waals surface area contributed by atoms with Gasteiger partial charge in [-0.2, -0.15) is 0 Å². The van der Waals surface area contributed by atoms with Crippen molar-refractivity contribution in [2.45, 2.75) is 46.6 Å². The first-order valence-corrected chi connectivity index (χ1v) is 5.90. The molecule has 0 radical (unpaired) electrons. The van der Waals surface area contributed by atoms with Gasteiger partial charge in [-0.15, -0.1) is 0 Å². The van der Waals surface area contributed by atoms with Crippen molar-refractivity contribution in [1.29, 1.82) is 0 Å². The maximum Gasteiger partial charge on any atom is 0.315 e. The molecule has 0 saturated heterocycles. The monoisotopic (exact) mass is 238 g/mol. The number of nitrogens with one attached hydrogen (secondary N) is 1. The summed E-state index contributed by atoms with van der Waals surface area (Å²) in [5.41, 5.74) is 0.510. The summed E-state index contributed by atoms with van der Waals surface area (Å²) in [5.74, 6) is -0.157. The summed E-state index contributed by atoms with van der Waals surface area (Å²) in [6, 6.07) is 0. The van der Waals surface area contributed by atoms with Crippen molar-refractivity contribution in [3.8, 4) is 0 Å². The standard InChI is InChI=1S/C11H18N4O2/c1-4-7-9(16)12-10-8(5-2)15(6-3)14-13-11(10)17/h4-7H2,1-3H3,(H,12,16). The van der Waals surface area contributed by atoms with Gasteiger partial charge in [0.1, 0.15) is 5.69 Å². The van der Waals surface area contributed by atoms with Crippen LogP contribution >= 0.6 is 0 Å². The van der Waals surface area contributed by atoms with Crippen molar-refractivity contribution in [2.24, 2.45) is 0 Å². The Kier molecular flexibility index (Phi) is 4.81. The molecule has 6 heteroatoms. The van der Waals surface area contributed by atoms with Gasteiger partial charge in [-0.25, -0.2) is 4.68 Å². The largest absolute Gasteiger partial charge is 0.320 e. The van der Waals surface area contributed by atoms with Crippen molar-refractivity contribution in [2.75, 3.05) is 5.32 Å². The Morgan fingerprint density at radius 3 is 2.59 bits per heavy atom. The molecule has 17 heavy (non-hydrogen) atoms. The van der Waals surface area contributed by atoms with E-state index in [1.54, 1.807) is 4.68 Å². The van der Waals surface area contributed by atoms with Gasteiger partial charge in [0.15, 0.2) is 0 Å². The van der Waals surface area contributed by atoms with Crippen molar-refractivity contribution in [3.63, 3.8) is 0 Å². The third kappa shape index (κ3) is 3.12. The summed E-state index contributed by atoms with van der Waals surface area (Å²) in [6.45, 7) is 6.36. The zero-order chi connectivity index (χ0) is 12.8. The zero-order valence-electron chi connectivity index (χ0n) is 10.5. The smallest absolute Gasteiger partial charge is 0.315 e. The molecule has 0 atom stereocenters. The van der Waals surface area contributed by atoms with E-state index in [0.717, 1.165) is 12.1 Å². The Morgan fingerprint density at radius 2 is 2.06 bits per heavy atom. The third-order valence-electron chi connectivity index (χ3n) is 2.43. The highest BCUT2D eigenvalue weighted by molar-refractivity contribution is 5.90. The van der Waals surface area contributed by atoms with Crippen LogP contribution in [-0.4, -0.2) is 20.9 Å². The maximum absolute atomic E-state index is 11.6. The van der Waals surface area contributed by atoms with Crippen LogP contribution in [0.15, 0.2) is 4.79 Å².